The van der Waals surface area contributed by atoms with Crippen LogP contribution in [-0.2, 0) is 0 Å². The molecule has 0 amide bonds. The van der Waals surface area contributed by atoms with Crippen LogP contribution in [0.2, 0.25) is 0 Å². The number of rotatable bonds is 3. The maximum absolute atomic E-state index is 11.9. The van der Waals surface area contributed by atoms with E-state index in [4.69, 9.17) is 0 Å². The molecule has 1 heterocycles. The first kappa shape index (κ1) is 11.3. The zero-order valence-corrected chi connectivity index (χ0v) is 9.33. The van der Waals surface area contributed by atoms with Gasteiger partial charge in [-0.15, -0.1) is 0 Å². The van der Waals surface area contributed by atoms with Gasteiger partial charge in [0.1, 0.15) is 6.54 Å². The first-order valence-electron chi connectivity index (χ1n) is 5.56. The average Bonchev–Trinajstić information content (AvgIpc) is 2.26. The van der Waals surface area contributed by atoms with Crippen LogP contribution >= 0.6 is 0 Å². The molecule has 1 saturated heterocycles. The van der Waals surface area contributed by atoms with Gasteiger partial charge in [0.15, 0.2) is 0 Å². The first-order chi connectivity index (χ1) is 6.75. The summed E-state index contributed by atoms with van der Waals surface area (Å²) in [6.45, 7) is 6.79. The molecule has 0 radical (unpaired) electrons. The summed E-state index contributed by atoms with van der Waals surface area (Å²) >= 11 is 0. The monoisotopic (exact) mass is 195 g/mol. The van der Waals surface area contributed by atoms with Crippen molar-refractivity contribution < 1.29 is 9.59 Å². The summed E-state index contributed by atoms with van der Waals surface area (Å²) in [6.07, 6.45) is 9.56. The van der Waals surface area contributed by atoms with E-state index in [1.165, 1.54) is 19.3 Å². The zero-order chi connectivity index (χ0) is 10.4. The highest BCUT2D eigenvalue weighted by Gasteiger charge is 2.28. The van der Waals surface area contributed by atoms with Crippen LogP contribution < -0.4 is 5.11 Å². The average molecular weight is 195 g/mol. The lowest BCUT2D eigenvalue weighted by molar-refractivity contribution is -0.934. The molecule has 0 N–H and O–H groups in total. The summed E-state index contributed by atoms with van der Waals surface area (Å²) in [5, 5.41) is 11.9. The Labute approximate surface area is 87.1 Å². The van der Waals surface area contributed by atoms with Crippen molar-refractivity contribution in [3.05, 3.63) is 24.1 Å². The number of nitrogens with zero attached hydrogens (tertiary/aromatic N) is 1. The third-order valence-corrected chi connectivity index (χ3v) is 3.08. The van der Waals surface area contributed by atoms with Crippen LogP contribution in [0, 0.1) is 0 Å². The topological polar surface area (TPSA) is 23.1 Å². The van der Waals surface area contributed by atoms with Crippen molar-refractivity contribution >= 4 is 0 Å². The van der Waals surface area contributed by atoms with E-state index in [1.807, 2.05) is 19.9 Å². The fourth-order valence-corrected chi connectivity index (χ4v) is 2.19. The van der Waals surface area contributed by atoms with E-state index in [1.54, 1.807) is 6.08 Å². The third kappa shape index (κ3) is 2.38. The van der Waals surface area contributed by atoms with Crippen molar-refractivity contribution in [2.45, 2.75) is 33.1 Å². The SMILES string of the molecule is C/C=C(\[O-])[N+]1(C/C=C/C)CCCCC1. The van der Waals surface area contributed by atoms with Crippen LogP contribution in [0.25, 0.3) is 0 Å². The van der Waals surface area contributed by atoms with E-state index >= 15 is 0 Å². The molecule has 2 heteroatoms. The van der Waals surface area contributed by atoms with E-state index in [9.17, 15) is 5.11 Å². The van der Waals surface area contributed by atoms with Gasteiger partial charge in [-0.1, -0.05) is 6.08 Å². The minimum atomic E-state index is 0.294. The molecule has 1 rings (SSSR count). The van der Waals surface area contributed by atoms with Gasteiger partial charge in [-0.05, 0) is 45.3 Å². The van der Waals surface area contributed by atoms with Crippen LogP contribution in [0.5, 0.6) is 0 Å². The van der Waals surface area contributed by atoms with Crippen LogP contribution in [0.3, 0.4) is 0 Å². The molecular weight excluding hydrogens is 174 g/mol. The number of hydrogen-bond donors (Lipinski definition) is 0. The highest BCUT2D eigenvalue weighted by molar-refractivity contribution is 4.84. The summed E-state index contributed by atoms with van der Waals surface area (Å²) in [7, 11) is 0. The normalized spacial score (nSPS) is 22.9. The minimum Gasteiger partial charge on any atom is -0.831 e. The molecule has 0 aromatic rings. The Morgan fingerprint density at radius 1 is 1.21 bits per heavy atom. The number of hydrogen-bond acceptors (Lipinski definition) is 1. The van der Waals surface area contributed by atoms with Crippen molar-refractivity contribution in [1.29, 1.82) is 0 Å². The number of allylic oxidation sites excluding steroid dienone is 2. The van der Waals surface area contributed by atoms with Crippen molar-refractivity contribution in [3.8, 4) is 0 Å². The second-order valence-electron chi connectivity index (χ2n) is 4.03. The standard InChI is InChI=1S/C12H21NO/c1-3-5-9-13(12(14)4-2)10-7-6-8-11-13/h3-5H,6-11H2,1-2H3/b5-3+,12-4-. The molecule has 0 unspecified atom stereocenters. The maximum Gasteiger partial charge on any atom is 0.101 e. The van der Waals surface area contributed by atoms with Gasteiger partial charge in [0.05, 0.1) is 19.0 Å². The predicted molar refractivity (Wildman–Crippen MR) is 57.3 cm³/mol. The molecule has 0 spiro atoms. The van der Waals surface area contributed by atoms with E-state index in [-0.39, 0.29) is 0 Å². The van der Waals surface area contributed by atoms with Crippen molar-refractivity contribution in [3.63, 3.8) is 0 Å². The molecule has 2 nitrogen and oxygen atoms in total. The summed E-state index contributed by atoms with van der Waals surface area (Å²) < 4.78 is 0.654. The highest BCUT2D eigenvalue weighted by atomic mass is 16.3. The Bertz CT molecular complexity index is 224. The van der Waals surface area contributed by atoms with Crippen LogP contribution in [0.4, 0.5) is 0 Å². The Morgan fingerprint density at radius 3 is 2.36 bits per heavy atom. The molecule has 0 bridgehead atoms. The van der Waals surface area contributed by atoms with Gasteiger partial charge >= 0.3 is 0 Å². The van der Waals surface area contributed by atoms with Gasteiger partial charge in [0.25, 0.3) is 0 Å². The summed E-state index contributed by atoms with van der Waals surface area (Å²) in [5.74, 6) is 0.294. The Hall–Kier alpha value is -0.760. The molecule has 1 aliphatic heterocycles. The summed E-state index contributed by atoms with van der Waals surface area (Å²) in [6, 6.07) is 0. The van der Waals surface area contributed by atoms with Crippen LogP contribution in [-0.4, -0.2) is 24.1 Å². The molecule has 0 aliphatic carbocycles. The molecule has 14 heavy (non-hydrogen) atoms. The molecule has 1 fully saturated rings. The quantitative estimate of drug-likeness (QED) is 0.382. The van der Waals surface area contributed by atoms with Crippen molar-refractivity contribution in [2.24, 2.45) is 0 Å². The minimum absolute atomic E-state index is 0.294. The van der Waals surface area contributed by atoms with E-state index < -0.39 is 0 Å². The van der Waals surface area contributed by atoms with Gasteiger partial charge < -0.3 is 5.11 Å². The Morgan fingerprint density at radius 2 is 1.86 bits per heavy atom. The Kier molecular flexibility index (Phi) is 4.21. The lowest BCUT2D eigenvalue weighted by Crippen LogP contribution is -2.53. The van der Waals surface area contributed by atoms with Gasteiger partial charge in [-0.25, -0.2) is 0 Å². The second kappa shape index (κ2) is 5.20. The molecular formula is C12H21NO. The molecule has 0 atom stereocenters. The zero-order valence-electron chi connectivity index (χ0n) is 9.33. The van der Waals surface area contributed by atoms with E-state index in [2.05, 4.69) is 6.08 Å². The largest absolute Gasteiger partial charge is 0.831 e. The van der Waals surface area contributed by atoms with Gasteiger partial charge in [0, 0.05) is 0 Å². The smallest absolute Gasteiger partial charge is 0.101 e. The van der Waals surface area contributed by atoms with Gasteiger partial charge in [-0.3, -0.25) is 4.48 Å². The lowest BCUT2D eigenvalue weighted by atomic mass is 10.1. The first-order valence-corrected chi connectivity index (χ1v) is 5.56. The maximum atomic E-state index is 11.9. The fraction of sp³-hybridized carbons (Fsp3) is 0.667. The Balaban J connectivity index is 2.76. The van der Waals surface area contributed by atoms with Crippen LogP contribution in [0.1, 0.15) is 33.1 Å². The summed E-state index contributed by atoms with van der Waals surface area (Å²) in [5.41, 5.74) is 0. The molecule has 0 aromatic heterocycles. The van der Waals surface area contributed by atoms with Crippen LogP contribution in [0.15, 0.2) is 24.1 Å². The van der Waals surface area contributed by atoms with Crippen molar-refractivity contribution in [2.75, 3.05) is 19.6 Å². The molecule has 1 aliphatic rings. The molecule has 0 saturated carbocycles. The van der Waals surface area contributed by atoms with Crippen molar-refractivity contribution in [1.82, 2.24) is 0 Å². The fourth-order valence-electron chi connectivity index (χ4n) is 2.19. The van der Waals surface area contributed by atoms with Gasteiger partial charge in [0.2, 0.25) is 0 Å². The predicted octanol–water partition coefficient (Wildman–Crippen LogP) is 1.78. The van der Waals surface area contributed by atoms with E-state index in [0.717, 1.165) is 19.6 Å². The number of piperidine rings is 1. The number of likely N-dealkylation sites (tertiary alicyclic amines) is 1. The highest BCUT2D eigenvalue weighted by Crippen LogP contribution is 2.22. The van der Waals surface area contributed by atoms with Gasteiger partial charge in [-0.2, -0.15) is 0 Å². The summed E-state index contributed by atoms with van der Waals surface area (Å²) in [4.78, 5) is 0. The number of quaternary nitrogens is 1. The molecule has 80 valence electrons. The molecule has 0 aromatic carbocycles. The lowest BCUT2D eigenvalue weighted by Gasteiger charge is -2.44. The van der Waals surface area contributed by atoms with E-state index in [0.29, 0.717) is 10.4 Å². The third-order valence-electron chi connectivity index (χ3n) is 3.08. The second-order valence-corrected chi connectivity index (χ2v) is 4.03.